The van der Waals surface area contributed by atoms with Gasteiger partial charge in [-0.25, -0.2) is 4.99 Å². The number of benzene rings is 1. The zero-order valence-electron chi connectivity index (χ0n) is 17.9. The van der Waals surface area contributed by atoms with Gasteiger partial charge in [0.1, 0.15) is 5.76 Å². The molecule has 160 valence electrons. The molecule has 0 saturated carbocycles. The Hall–Kier alpha value is -3.06. The summed E-state index contributed by atoms with van der Waals surface area (Å²) < 4.78 is 7.41. The van der Waals surface area contributed by atoms with E-state index in [9.17, 15) is 0 Å². The van der Waals surface area contributed by atoms with Gasteiger partial charge in [-0.15, -0.1) is 0 Å². The van der Waals surface area contributed by atoms with Crippen LogP contribution >= 0.6 is 0 Å². The van der Waals surface area contributed by atoms with Gasteiger partial charge in [0.05, 0.1) is 19.4 Å². The van der Waals surface area contributed by atoms with Crippen LogP contribution in [0, 0.1) is 0 Å². The van der Waals surface area contributed by atoms with Crippen LogP contribution in [0.1, 0.15) is 30.2 Å². The van der Waals surface area contributed by atoms with E-state index < -0.39 is 0 Å². The lowest BCUT2D eigenvalue weighted by Gasteiger charge is -2.17. The van der Waals surface area contributed by atoms with Gasteiger partial charge in [0.25, 0.3) is 0 Å². The van der Waals surface area contributed by atoms with E-state index in [1.807, 2.05) is 35.3 Å². The van der Waals surface area contributed by atoms with Crippen LogP contribution in [0.25, 0.3) is 0 Å². The number of nitrogens with zero attached hydrogens (tertiary/aromatic N) is 4. The summed E-state index contributed by atoms with van der Waals surface area (Å²) in [5.74, 6) is 1.82. The summed E-state index contributed by atoms with van der Waals surface area (Å²) in [4.78, 5) is 7.05. The van der Waals surface area contributed by atoms with Gasteiger partial charge in [0, 0.05) is 38.6 Å². The molecule has 3 rings (SSSR count). The van der Waals surface area contributed by atoms with Crippen molar-refractivity contribution < 1.29 is 4.42 Å². The van der Waals surface area contributed by atoms with Crippen molar-refractivity contribution in [3.63, 3.8) is 0 Å². The lowest BCUT2D eigenvalue weighted by molar-refractivity contribution is 0.287. The predicted octanol–water partition coefficient (Wildman–Crippen LogP) is 3.25. The molecule has 2 aromatic heterocycles. The summed E-state index contributed by atoms with van der Waals surface area (Å²) >= 11 is 0. The lowest BCUT2D eigenvalue weighted by atomic mass is 10.1. The van der Waals surface area contributed by atoms with Crippen LogP contribution in [0.2, 0.25) is 0 Å². The zero-order valence-corrected chi connectivity index (χ0v) is 17.9. The average molecular weight is 409 g/mol. The van der Waals surface area contributed by atoms with Gasteiger partial charge in [0.15, 0.2) is 5.96 Å². The molecule has 0 saturated heterocycles. The Bertz CT molecular complexity index is 873. The molecule has 0 aliphatic rings. The molecule has 0 unspecified atom stereocenters. The normalized spacial score (nSPS) is 11.8. The van der Waals surface area contributed by atoms with Crippen molar-refractivity contribution in [2.24, 2.45) is 4.99 Å². The third-order valence-electron chi connectivity index (χ3n) is 4.73. The first-order chi connectivity index (χ1) is 14.7. The molecule has 0 aliphatic carbocycles. The standard InChI is InChI=1S/C23H32N6O/c1-3-24-23(25-12-7-14-29-15-8-13-27-29)26-17-20-9-4-5-10-21(20)18-28(2)19-22-11-6-16-30-22/h4-6,8-11,13,15-16H,3,7,12,14,17-19H2,1-2H3,(H2,24,25,26). The molecule has 0 bridgehead atoms. The van der Waals surface area contributed by atoms with Crippen molar-refractivity contribution in [3.05, 3.63) is 78.0 Å². The highest BCUT2D eigenvalue weighted by Gasteiger charge is 2.08. The van der Waals surface area contributed by atoms with E-state index >= 15 is 0 Å². The topological polar surface area (TPSA) is 70.6 Å². The quantitative estimate of drug-likeness (QED) is 0.290. The molecule has 0 fully saturated rings. The number of guanidine groups is 1. The molecule has 7 nitrogen and oxygen atoms in total. The number of nitrogens with one attached hydrogen (secondary N) is 2. The number of furan rings is 1. The molecule has 7 heteroatoms. The smallest absolute Gasteiger partial charge is 0.191 e. The van der Waals surface area contributed by atoms with Crippen molar-refractivity contribution >= 4 is 5.96 Å². The highest BCUT2D eigenvalue weighted by Crippen LogP contribution is 2.14. The van der Waals surface area contributed by atoms with Crippen molar-refractivity contribution in [2.45, 2.75) is 39.5 Å². The van der Waals surface area contributed by atoms with Crippen LogP contribution in [0.5, 0.6) is 0 Å². The minimum Gasteiger partial charge on any atom is -0.468 e. The van der Waals surface area contributed by atoms with Crippen molar-refractivity contribution in [1.82, 2.24) is 25.3 Å². The molecule has 0 spiro atoms. The summed E-state index contributed by atoms with van der Waals surface area (Å²) in [6.07, 6.45) is 6.50. The second-order valence-electron chi connectivity index (χ2n) is 7.26. The first-order valence-electron chi connectivity index (χ1n) is 10.5. The second kappa shape index (κ2) is 11.8. The summed E-state index contributed by atoms with van der Waals surface area (Å²) in [6, 6.07) is 14.4. The fourth-order valence-electron chi connectivity index (χ4n) is 3.27. The van der Waals surface area contributed by atoms with Gasteiger partial charge >= 0.3 is 0 Å². The maximum atomic E-state index is 5.46. The predicted molar refractivity (Wildman–Crippen MR) is 120 cm³/mol. The van der Waals surface area contributed by atoms with E-state index in [4.69, 9.17) is 9.41 Å². The third kappa shape index (κ3) is 7.08. The Morgan fingerprint density at radius 2 is 1.97 bits per heavy atom. The van der Waals surface area contributed by atoms with Gasteiger partial charge in [-0.05, 0) is 49.7 Å². The van der Waals surface area contributed by atoms with Gasteiger partial charge in [-0.1, -0.05) is 24.3 Å². The Kier molecular flexibility index (Phi) is 8.53. The Balaban J connectivity index is 1.53. The van der Waals surface area contributed by atoms with Crippen LogP contribution in [-0.4, -0.2) is 40.8 Å². The van der Waals surface area contributed by atoms with E-state index in [1.54, 1.807) is 6.26 Å². The van der Waals surface area contributed by atoms with Crippen molar-refractivity contribution in [1.29, 1.82) is 0 Å². The maximum Gasteiger partial charge on any atom is 0.191 e. The monoisotopic (exact) mass is 408 g/mol. The van der Waals surface area contributed by atoms with Crippen LogP contribution < -0.4 is 10.6 Å². The lowest BCUT2D eigenvalue weighted by Crippen LogP contribution is -2.38. The molecule has 0 aliphatic heterocycles. The average Bonchev–Trinajstić information content (AvgIpc) is 3.44. The molecular formula is C23H32N6O. The number of aliphatic imine (C=N–C) groups is 1. The largest absolute Gasteiger partial charge is 0.468 e. The number of rotatable bonds is 11. The third-order valence-corrected chi connectivity index (χ3v) is 4.73. The number of hydrogen-bond acceptors (Lipinski definition) is 4. The van der Waals surface area contributed by atoms with E-state index in [1.165, 1.54) is 11.1 Å². The van der Waals surface area contributed by atoms with Crippen LogP contribution in [-0.2, 0) is 26.2 Å². The molecule has 0 radical (unpaired) electrons. The summed E-state index contributed by atoms with van der Waals surface area (Å²) in [7, 11) is 2.10. The van der Waals surface area contributed by atoms with Gasteiger partial charge in [-0.3, -0.25) is 9.58 Å². The van der Waals surface area contributed by atoms with Crippen molar-refractivity contribution in [3.8, 4) is 0 Å². The molecule has 1 aromatic carbocycles. The van der Waals surface area contributed by atoms with Crippen molar-refractivity contribution in [2.75, 3.05) is 20.1 Å². The summed E-state index contributed by atoms with van der Waals surface area (Å²) in [5.41, 5.74) is 2.52. The Labute approximate surface area is 178 Å². The van der Waals surface area contributed by atoms with E-state index in [0.29, 0.717) is 6.54 Å². The van der Waals surface area contributed by atoms with Gasteiger partial charge < -0.3 is 15.1 Å². The number of hydrogen-bond donors (Lipinski definition) is 2. The molecular weight excluding hydrogens is 376 g/mol. The first kappa shape index (κ1) is 21.6. The molecule has 3 aromatic rings. The summed E-state index contributed by atoms with van der Waals surface area (Å²) in [5, 5.41) is 11.0. The van der Waals surface area contributed by atoms with E-state index in [2.05, 4.69) is 58.9 Å². The second-order valence-corrected chi connectivity index (χ2v) is 7.26. The Morgan fingerprint density at radius 3 is 2.70 bits per heavy atom. The van der Waals surface area contributed by atoms with Gasteiger partial charge in [-0.2, -0.15) is 5.10 Å². The SMILES string of the molecule is CCNC(=NCc1ccccc1CN(C)Cc1ccco1)NCCCn1cccn1. The minimum absolute atomic E-state index is 0.638. The first-order valence-corrected chi connectivity index (χ1v) is 10.5. The highest BCUT2D eigenvalue weighted by molar-refractivity contribution is 5.79. The van der Waals surface area contributed by atoms with Crippen LogP contribution in [0.15, 0.2) is 70.5 Å². The molecule has 0 amide bonds. The summed E-state index contributed by atoms with van der Waals surface area (Å²) in [6.45, 7) is 6.92. The van der Waals surface area contributed by atoms with Crippen LogP contribution in [0.3, 0.4) is 0 Å². The highest BCUT2D eigenvalue weighted by atomic mass is 16.3. The molecule has 30 heavy (non-hydrogen) atoms. The zero-order chi connectivity index (χ0) is 21.0. The molecule has 2 heterocycles. The minimum atomic E-state index is 0.638. The van der Waals surface area contributed by atoms with E-state index in [-0.39, 0.29) is 0 Å². The maximum absolute atomic E-state index is 5.46. The fourth-order valence-corrected chi connectivity index (χ4v) is 3.27. The number of aromatic nitrogens is 2. The number of aryl methyl sites for hydroxylation is 1. The Morgan fingerprint density at radius 1 is 1.10 bits per heavy atom. The fraction of sp³-hybridized carbons (Fsp3) is 0.391. The van der Waals surface area contributed by atoms with E-state index in [0.717, 1.165) is 50.9 Å². The van der Waals surface area contributed by atoms with Crippen LogP contribution in [0.4, 0.5) is 0 Å². The molecule has 0 atom stereocenters. The van der Waals surface area contributed by atoms with Gasteiger partial charge in [0.2, 0.25) is 0 Å². The molecule has 2 N–H and O–H groups in total.